The first-order chi connectivity index (χ1) is 4.90. The predicted molar refractivity (Wildman–Crippen MR) is 48.7 cm³/mol. The summed E-state index contributed by atoms with van der Waals surface area (Å²) in [7, 11) is 0.851. The summed E-state index contributed by atoms with van der Waals surface area (Å²) in [6.45, 7) is 0. The molecular weight excluding hydrogens is 156 g/mol. The zero-order valence-corrected chi connectivity index (χ0v) is 9.83. The molecule has 0 N–H and O–H groups in total. The van der Waals surface area contributed by atoms with Gasteiger partial charge in [0.1, 0.15) is 20.2 Å². The van der Waals surface area contributed by atoms with Gasteiger partial charge in [-0.15, -0.1) is 0 Å². The van der Waals surface area contributed by atoms with Gasteiger partial charge >= 0.3 is 0 Å². The van der Waals surface area contributed by atoms with Gasteiger partial charge < -0.3 is 4.12 Å². The van der Waals surface area contributed by atoms with E-state index in [-0.39, 0.29) is 9.76 Å². The van der Waals surface area contributed by atoms with Gasteiger partial charge in [-0.05, 0) is 30.2 Å². The van der Waals surface area contributed by atoms with Crippen molar-refractivity contribution in [3.05, 3.63) is 12.2 Å². The van der Waals surface area contributed by atoms with Crippen LogP contribution in [0.3, 0.4) is 0 Å². The third-order valence-corrected chi connectivity index (χ3v) is 5.50. The van der Waals surface area contributed by atoms with E-state index in [0.29, 0.717) is 0 Å². The summed E-state index contributed by atoms with van der Waals surface area (Å²) in [4.78, 5) is 0. The van der Waals surface area contributed by atoms with Crippen LogP contribution in [0.5, 0.6) is 0 Å². The van der Waals surface area contributed by atoms with Crippen LogP contribution < -0.4 is 0 Å². The Bertz CT molecular complexity index is 158. The summed E-state index contributed by atoms with van der Waals surface area (Å²) in [5, 5.41) is 0. The molecule has 0 heterocycles. The van der Waals surface area contributed by atoms with E-state index >= 15 is 0 Å². The predicted octanol–water partition coefficient (Wildman–Crippen LogP) is -0.248. The molecule has 2 aliphatic rings. The zero-order chi connectivity index (χ0) is 6.97. The Morgan fingerprint density at radius 3 is 2.80 bits per heavy atom. The largest absolute Gasteiger partial charge is 0.468 e. The van der Waals surface area contributed by atoms with E-state index in [1.165, 1.54) is 12.8 Å². The molecule has 0 spiro atoms. The van der Waals surface area contributed by atoms with E-state index in [9.17, 15) is 0 Å². The Kier molecular flexibility index (Phi) is 1.80. The van der Waals surface area contributed by atoms with Gasteiger partial charge in [0.15, 0.2) is 0 Å². The summed E-state index contributed by atoms with van der Waals surface area (Å²) in [6, 6.07) is 0. The molecule has 10 heavy (non-hydrogen) atoms. The van der Waals surface area contributed by atoms with Gasteiger partial charge in [-0.1, -0.05) is 12.2 Å². The highest BCUT2D eigenvalue weighted by atomic mass is 28.3. The van der Waals surface area contributed by atoms with Gasteiger partial charge in [0.25, 0.3) is 0 Å². The second-order valence-corrected chi connectivity index (χ2v) is 7.19. The molecule has 0 aromatic heterocycles. The van der Waals surface area contributed by atoms with Gasteiger partial charge in [-0.25, -0.2) is 0 Å². The minimum absolute atomic E-state index is 0.119. The maximum atomic E-state index is 5.42. The standard InChI is InChI=1S/C7H14OSi2/c9-8-10-7-4-5-1-2-6(7)3-5/h1-2,5-7H,3-4,10H2,9H3. The first-order valence-corrected chi connectivity index (χ1v) is 6.28. The molecule has 0 radical (unpaired) electrons. The van der Waals surface area contributed by atoms with Crippen LogP contribution in [0.25, 0.3) is 0 Å². The Labute approximate surface area is 67.3 Å². The summed E-state index contributed by atoms with van der Waals surface area (Å²) < 4.78 is 5.42. The van der Waals surface area contributed by atoms with Crippen molar-refractivity contribution < 1.29 is 4.12 Å². The first kappa shape index (κ1) is 6.82. The number of fused-ring (bicyclic) bond motifs is 2. The lowest BCUT2D eigenvalue weighted by atomic mass is 10.1. The third kappa shape index (κ3) is 1.02. The van der Waals surface area contributed by atoms with Gasteiger partial charge in [-0.2, -0.15) is 0 Å². The molecule has 2 aliphatic carbocycles. The van der Waals surface area contributed by atoms with E-state index in [2.05, 4.69) is 12.2 Å². The van der Waals surface area contributed by atoms with Gasteiger partial charge in [0.05, 0.1) is 0 Å². The van der Waals surface area contributed by atoms with Crippen molar-refractivity contribution in [3.63, 3.8) is 0 Å². The summed E-state index contributed by atoms with van der Waals surface area (Å²) in [6.07, 6.45) is 7.73. The smallest absolute Gasteiger partial charge is 0.149 e. The van der Waals surface area contributed by atoms with Crippen LogP contribution >= 0.6 is 0 Å². The molecule has 1 saturated carbocycles. The second-order valence-electron chi connectivity index (χ2n) is 3.50. The van der Waals surface area contributed by atoms with Crippen molar-refractivity contribution in [2.45, 2.75) is 18.4 Å². The quantitative estimate of drug-likeness (QED) is 0.410. The fourth-order valence-corrected chi connectivity index (χ4v) is 5.17. The molecule has 3 unspecified atom stereocenters. The van der Waals surface area contributed by atoms with Crippen molar-refractivity contribution in [1.82, 2.24) is 0 Å². The molecular formula is C7H14OSi2. The van der Waals surface area contributed by atoms with Gasteiger partial charge in [0, 0.05) is 0 Å². The van der Waals surface area contributed by atoms with Crippen molar-refractivity contribution >= 4 is 20.2 Å². The van der Waals surface area contributed by atoms with Crippen molar-refractivity contribution in [2.75, 3.05) is 0 Å². The minimum Gasteiger partial charge on any atom is -0.468 e. The summed E-state index contributed by atoms with van der Waals surface area (Å²) in [5.41, 5.74) is 1.01. The maximum Gasteiger partial charge on any atom is 0.149 e. The van der Waals surface area contributed by atoms with Crippen LogP contribution in [0, 0.1) is 11.8 Å². The van der Waals surface area contributed by atoms with E-state index in [0.717, 1.165) is 27.9 Å². The Hall–Kier alpha value is 0.134. The normalized spacial score (nSPS) is 44.6. The van der Waals surface area contributed by atoms with Crippen LogP contribution in [0.2, 0.25) is 5.54 Å². The number of allylic oxidation sites excluding steroid dienone is 2. The molecule has 56 valence electrons. The molecule has 0 aromatic carbocycles. The fourth-order valence-electron chi connectivity index (χ4n) is 2.30. The Morgan fingerprint density at radius 1 is 1.40 bits per heavy atom. The highest BCUT2D eigenvalue weighted by Crippen LogP contribution is 2.46. The lowest BCUT2D eigenvalue weighted by Crippen LogP contribution is -2.10. The van der Waals surface area contributed by atoms with E-state index in [1.807, 2.05) is 0 Å². The average molecular weight is 170 g/mol. The number of rotatable bonds is 2. The number of hydrogen-bond acceptors (Lipinski definition) is 1. The lowest BCUT2D eigenvalue weighted by molar-refractivity contribution is 0.586. The topological polar surface area (TPSA) is 9.23 Å². The Morgan fingerprint density at radius 2 is 2.30 bits per heavy atom. The van der Waals surface area contributed by atoms with Crippen LogP contribution in [0.15, 0.2) is 12.2 Å². The monoisotopic (exact) mass is 170 g/mol. The molecule has 0 aromatic rings. The molecule has 0 saturated heterocycles. The SMILES string of the molecule is [SiH3]O[SiH2]C1CC2C=CC1C2. The van der Waals surface area contributed by atoms with Crippen LogP contribution in [-0.2, 0) is 4.12 Å². The molecule has 3 atom stereocenters. The molecule has 0 aliphatic heterocycles. The summed E-state index contributed by atoms with van der Waals surface area (Å²) >= 11 is 0. The third-order valence-electron chi connectivity index (χ3n) is 2.80. The van der Waals surface area contributed by atoms with Crippen LogP contribution in [-0.4, -0.2) is 20.2 Å². The molecule has 1 nitrogen and oxygen atoms in total. The summed E-state index contributed by atoms with van der Waals surface area (Å²) in [5.74, 6) is 1.88. The molecule has 3 heteroatoms. The zero-order valence-electron chi connectivity index (χ0n) is 6.42. The minimum atomic E-state index is -0.119. The molecule has 1 fully saturated rings. The van der Waals surface area contributed by atoms with Crippen LogP contribution in [0.1, 0.15) is 12.8 Å². The second kappa shape index (κ2) is 2.64. The Balaban J connectivity index is 1.96. The van der Waals surface area contributed by atoms with Gasteiger partial charge in [0.2, 0.25) is 0 Å². The first-order valence-electron chi connectivity index (χ1n) is 4.07. The van der Waals surface area contributed by atoms with Gasteiger partial charge in [-0.3, -0.25) is 0 Å². The molecule has 2 bridgehead atoms. The number of hydrogen-bond donors (Lipinski definition) is 0. The van der Waals surface area contributed by atoms with Crippen LogP contribution in [0.4, 0.5) is 0 Å². The van der Waals surface area contributed by atoms with E-state index < -0.39 is 0 Å². The maximum absolute atomic E-state index is 5.42. The highest BCUT2D eigenvalue weighted by molar-refractivity contribution is 6.36. The van der Waals surface area contributed by atoms with Crippen molar-refractivity contribution in [2.24, 2.45) is 11.8 Å². The molecule has 0 amide bonds. The van der Waals surface area contributed by atoms with E-state index in [4.69, 9.17) is 4.12 Å². The molecule has 2 rings (SSSR count). The van der Waals surface area contributed by atoms with Crippen molar-refractivity contribution in [1.29, 1.82) is 0 Å². The van der Waals surface area contributed by atoms with Crippen molar-refractivity contribution in [3.8, 4) is 0 Å². The average Bonchev–Trinajstić information content (AvgIpc) is 2.48. The lowest BCUT2D eigenvalue weighted by Gasteiger charge is -2.15. The van der Waals surface area contributed by atoms with E-state index in [1.54, 1.807) is 0 Å². The fraction of sp³-hybridized carbons (Fsp3) is 0.714. The highest BCUT2D eigenvalue weighted by Gasteiger charge is 2.35.